The summed E-state index contributed by atoms with van der Waals surface area (Å²) in [5.41, 5.74) is 0.700. The number of halogens is 2. The lowest BCUT2D eigenvalue weighted by Gasteiger charge is -2.18. The van der Waals surface area contributed by atoms with Crippen molar-refractivity contribution in [2.45, 2.75) is 6.92 Å². The molecule has 0 aliphatic carbocycles. The number of ether oxygens (including phenoxy) is 1. The van der Waals surface area contributed by atoms with Gasteiger partial charge in [-0.1, -0.05) is 23.2 Å². The zero-order chi connectivity index (χ0) is 14.0. The summed E-state index contributed by atoms with van der Waals surface area (Å²) in [6.45, 7) is 2.43. The van der Waals surface area contributed by atoms with Gasteiger partial charge in [0.1, 0.15) is 5.92 Å². The van der Waals surface area contributed by atoms with Gasteiger partial charge in [-0.2, -0.15) is 0 Å². The number of carbonyl (C=O) groups excluding carboxylic acids is 2. The zero-order valence-electron chi connectivity index (χ0n) is 10.4. The van der Waals surface area contributed by atoms with E-state index in [9.17, 15) is 9.59 Å². The third kappa shape index (κ3) is 3.01. The van der Waals surface area contributed by atoms with Gasteiger partial charge in [-0.3, -0.25) is 9.59 Å². The Morgan fingerprint density at radius 2 is 2.21 bits per heavy atom. The third-order valence-electron chi connectivity index (χ3n) is 2.96. The molecule has 1 heterocycles. The molecule has 1 unspecified atom stereocenters. The van der Waals surface area contributed by atoms with E-state index in [2.05, 4.69) is 0 Å². The summed E-state index contributed by atoms with van der Waals surface area (Å²) in [7, 11) is 0. The Hall–Kier alpha value is -1.26. The Bertz CT molecular complexity index is 519. The number of esters is 1. The summed E-state index contributed by atoms with van der Waals surface area (Å²) in [6.07, 6.45) is 0. The van der Waals surface area contributed by atoms with Gasteiger partial charge in [-0.15, -0.1) is 0 Å². The highest BCUT2D eigenvalue weighted by atomic mass is 35.5. The lowest BCUT2D eigenvalue weighted by Crippen LogP contribution is -2.25. The predicted octanol–water partition coefficient (Wildman–Crippen LogP) is 2.56. The number of rotatable bonds is 3. The van der Waals surface area contributed by atoms with Crippen LogP contribution in [0.4, 0.5) is 5.69 Å². The fourth-order valence-corrected chi connectivity index (χ4v) is 2.58. The molecule has 0 radical (unpaired) electrons. The van der Waals surface area contributed by atoms with Crippen molar-refractivity contribution in [3.8, 4) is 0 Å². The van der Waals surface area contributed by atoms with Gasteiger partial charge in [0.15, 0.2) is 5.78 Å². The van der Waals surface area contributed by atoms with E-state index in [4.69, 9.17) is 27.9 Å². The summed E-state index contributed by atoms with van der Waals surface area (Å²) >= 11 is 11.9. The number of carbonyl (C=O) groups is 2. The molecule has 0 bridgehead atoms. The highest BCUT2D eigenvalue weighted by molar-refractivity contribution is 6.36. The Balaban J connectivity index is 2.16. The first kappa shape index (κ1) is 14.2. The number of anilines is 1. The van der Waals surface area contributed by atoms with Gasteiger partial charge in [-0.25, -0.2) is 0 Å². The first-order valence-corrected chi connectivity index (χ1v) is 6.68. The van der Waals surface area contributed by atoms with E-state index < -0.39 is 11.9 Å². The van der Waals surface area contributed by atoms with Crippen LogP contribution < -0.4 is 4.90 Å². The normalized spacial score (nSPS) is 18.8. The maximum Gasteiger partial charge on any atom is 0.318 e. The molecule has 6 heteroatoms. The van der Waals surface area contributed by atoms with Gasteiger partial charge in [-0.05, 0) is 25.1 Å². The number of hydrogen-bond acceptors (Lipinski definition) is 4. The highest BCUT2D eigenvalue weighted by Gasteiger charge is 2.37. The topological polar surface area (TPSA) is 46.6 Å². The molecular formula is C13H13Cl2NO3. The molecule has 2 rings (SSSR count). The molecule has 1 fully saturated rings. The second-order valence-corrected chi connectivity index (χ2v) is 5.09. The van der Waals surface area contributed by atoms with Crippen molar-refractivity contribution in [1.82, 2.24) is 0 Å². The monoisotopic (exact) mass is 301 g/mol. The molecule has 4 nitrogen and oxygen atoms in total. The molecule has 0 spiro atoms. The van der Waals surface area contributed by atoms with Crippen molar-refractivity contribution in [2.75, 3.05) is 24.6 Å². The van der Waals surface area contributed by atoms with Gasteiger partial charge in [0.05, 0.1) is 23.9 Å². The van der Waals surface area contributed by atoms with Gasteiger partial charge in [0.2, 0.25) is 0 Å². The van der Waals surface area contributed by atoms with Crippen LogP contribution in [0.25, 0.3) is 0 Å². The molecule has 0 N–H and O–H groups in total. The lowest BCUT2D eigenvalue weighted by molar-refractivity contribution is -0.149. The van der Waals surface area contributed by atoms with E-state index in [1.807, 2.05) is 0 Å². The minimum Gasteiger partial charge on any atom is -0.465 e. The average Bonchev–Trinajstić information content (AvgIpc) is 2.71. The summed E-state index contributed by atoms with van der Waals surface area (Å²) in [5, 5.41) is 0.992. The fraction of sp³-hybridized carbons (Fsp3) is 0.385. The van der Waals surface area contributed by atoms with Crippen LogP contribution in [0.2, 0.25) is 10.0 Å². The average molecular weight is 302 g/mol. The molecule has 0 amide bonds. The Kier molecular flexibility index (Phi) is 4.32. The maximum absolute atomic E-state index is 11.8. The zero-order valence-corrected chi connectivity index (χ0v) is 11.9. The third-order valence-corrected chi connectivity index (χ3v) is 3.50. The second-order valence-electron chi connectivity index (χ2n) is 4.25. The largest absolute Gasteiger partial charge is 0.465 e. The fourth-order valence-electron chi connectivity index (χ4n) is 2.06. The summed E-state index contributed by atoms with van der Waals surface area (Å²) in [4.78, 5) is 25.3. The summed E-state index contributed by atoms with van der Waals surface area (Å²) < 4.78 is 4.89. The molecule has 1 aromatic carbocycles. The molecule has 1 aromatic rings. The summed E-state index contributed by atoms with van der Waals surface area (Å²) in [5.74, 6) is -1.35. The summed E-state index contributed by atoms with van der Waals surface area (Å²) in [6, 6.07) is 5.05. The smallest absolute Gasteiger partial charge is 0.318 e. The van der Waals surface area contributed by atoms with E-state index in [0.717, 1.165) is 0 Å². The van der Waals surface area contributed by atoms with Gasteiger partial charge in [0, 0.05) is 11.6 Å². The standard InChI is InChI=1S/C13H13Cl2NO3/c1-2-19-13(18)9-6-16(7-12(9)17)11-4-3-8(14)5-10(11)15/h3-5,9H,2,6-7H2,1H3. The lowest BCUT2D eigenvalue weighted by atomic mass is 10.1. The molecule has 1 aliphatic rings. The van der Waals surface area contributed by atoms with E-state index in [1.54, 1.807) is 30.0 Å². The molecule has 1 saturated heterocycles. The Labute approximate surface area is 121 Å². The van der Waals surface area contributed by atoms with E-state index >= 15 is 0 Å². The van der Waals surface area contributed by atoms with Crippen molar-refractivity contribution in [3.63, 3.8) is 0 Å². The van der Waals surface area contributed by atoms with Crippen LogP contribution >= 0.6 is 23.2 Å². The molecule has 1 aliphatic heterocycles. The predicted molar refractivity (Wildman–Crippen MR) is 73.8 cm³/mol. The van der Waals surface area contributed by atoms with Crippen molar-refractivity contribution in [1.29, 1.82) is 0 Å². The molecule has 102 valence electrons. The van der Waals surface area contributed by atoms with Crippen LogP contribution in [0.15, 0.2) is 18.2 Å². The number of ketones is 1. The van der Waals surface area contributed by atoms with E-state index in [1.165, 1.54) is 0 Å². The number of Topliss-reactive ketones (excluding diaryl/α,β-unsaturated/α-hetero) is 1. The van der Waals surface area contributed by atoms with Crippen LogP contribution in [0, 0.1) is 5.92 Å². The van der Waals surface area contributed by atoms with Crippen molar-refractivity contribution < 1.29 is 14.3 Å². The number of nitrogens with zero attached hydrogens (tertiary/aromatic N) is 1. The number of benzene rings is 1. The van der Waals surface area contributed by atoms with Crippen LogP contribution in [0.3, 0.4) is 0 Å². The van der Waals surface area contributed by atoms with Crippen molar-refractivity contribution in [3.05, 3.63) is 28.2 Å². The maximum atomic E-state index is 11.8. The molecule has 19 heavy (non-hydrogen) atoms. The van der Waals surface area contributed by atoms with Crippen LogP contribution in [0.5, 0.6) is 0 Å². The van der Waals surface area contributed by atoms with Gasteiger partial charge in [0.25, 0.3) is 0 Å². The van der Waals surface area contributed by atoms with Crippen molar-refractivity contribution in [2.24, 2.45) is 5.92 Å². The van der Waals surface area contributed by atoms with Crippen LogP contribution in [-0.4, -0.2) is 31.4 Å². The highest BCUT2D eigenvalue weighted by Crippen LogP contribution is 2.31. The second kappa shape index (κ2) is 5.80. The molecule has 0 aromatic heterocycles. The van der Waals surface area contributed by atoms with Gasteiger partial charge < -0.3 is 9.64 Å². The minimum absolute atomic E-state index is 0.149. The minimum atomic E-state index is -0.730. The van der Waals surface area contributed by atoms with Crippen LogP contribution in [-0.2, 0) is 14.3 Å². The number of hydrogen-bond donors (Lipinski definition) is 0. The molecular weight excluding hydrogens is 289 g/mol. The first-order chi connectivity index (χ1) is 9.02. The van der Waals surface area contributed by atoms with E-state index in [0.29, 0.717) is 22.3 Å². The Morgan fingerprint density at radius 1 is 1.47 bits per heavy atom. The van der Waals surface area contributed by atoms with Crippen LogP contribution in [0.1, 0.15) is 6.92 Å². The van der Waals surface area contributed by atoms with Crippen molar-refractivity contribution >= 4 is 40.6 Å². The Morgan fingerprint density at radius 3 is 2.84 bits per heavy atom. The SMILES string of the molecule is CCOC(=O)C1CN(c2ccc(Cl)cc2Cl)CC1=O. The quantitative estimate of drug-likeness (QED) is 0.636. The molecule has 0 saturated carbocycles. The molecule has 1 atom stereocenters. The van der Waals surface area contributed by atoms with Gasteiger partial charge >= 0.3 is 5.97 Å². The van der Waals surface area contributed by atoms with E-state index in [-0.39, 0.29) is 18.9 Å². The first-order valence-electron chi connectivity index (χ1n) is 5.92.